The maximum absolute atomic E-state index is 13.1. The second-order valence-corrected chi connectivity index (χ2v) is 6.70. The molecule has 0 aliphatic carbocycles. The molecule has 1 N–H and O–H groups in total. The summed E-state index contributed by atoms with van der Waals surface area (Å²) < 4.78 is 5.46. The first-order valence-electron chi connectivity index (χ1n) is 9.13. The number of rotatable bonds is 4. The number of nitrogens with zero attached hydrogens (tertiary/aromatic N) is 3. The summed E-state index contributed by atoms with van der Waals surface area (Å²) >= 11 is 0. The number of methoxy groups -OCH3 is 1. The zero-order chi connectivity index (χ0) is 18.8. The van der Waals surface area contributed by atoms with Crippen molar-refractivity contribution >= 4 is 40.7 Å². The van der Waals surface area contributed by atoms with Crippen LogP contribution in [0.15, 0.2) is 42.6 Å². The van der Waals surface area contributed by atoms with E-state index in [4.69, 9.17) is 4.74 Å². The molecule has 0 radical (unpaired) electrons. The number of fused-ring (bicyclic) bond motifs is 1. The van der Waals surface area contributed by atoms with Gasteiger partial charge in [-0.25, -0.2) is 9.97 Å². The minimum Gasteiger partial charge on any atom is -0.495 e. The van der Waals surface area contributed by atoms with Gasteiger partial charge in [0.1, 0.15) is 5.75 Å². The molecule has 6 nitrogen and oxygen atoms in total. The van der Waals surface area contributed by atoms with E-state index in [9.17, 15) is 4.79 Å². The van der Waals surface area contributed by atoms with Crippen LogP contribution in [0, 0.1) is 6.92 Å². The van der Waals surface area contributed by atoms with E-state index in [0.29, 0.717) is 22.6 Å². The fourth-order valence-electron chi connectivity index (χ4n) is 3.44. The Morgan fingerprint density at radius 3 is 2.64 bits per heavy atom. The number of aryl methyl sites for hydroxylation is 1. The van der Waals surface area contributed by atoms with Gasteiger partial charge < -0.3 is 15.0 Å². The zero-order valence-electron chi connectivity index (χ0n) is 15.9. The number of hydrogen-bond acceptors (Lipinski definition) is 5. The van der Waals surface area contributed by atoms with Gasteiger partial charge in [-0.15, -0.1) is 12.4 Å². The number of anilines is 2. The van der Waals surface area contributed by atoms with E-state index in [1.54, 1.807) is 13.3 Å². The van der Waals surface area contributed by atoms with Gasteiger partial charge in [0.15, 0.2) is 5.65 Å². The molecule has 3 heterocycles. The van der Waals surface area contributed by atoms with Crippen LogP contribution in [0.2, 0.25) is 0 Å². The lowest BCUT2D eigenvalue weighted by molar-refractivity contribution is 0.0793. The molecule has 4 rings (SSSR count). The topological polar surface area (TPSA) is 67.3 Å². The number of pyridine rings is 2. The van der Waals surface area contributed by atoms with E-state index < -0.39 is 0 Å². The summed E-state index contributed by atoms with van der Waals surface area (Å²) in [6, 6.07) is 11.5. The Balaban J connectivity index is 0.00000225. The lowest BCUT2D eigenvalue weighted by Crippen LogP contribution is -2.28. The highest BCUT2D eigenvalue weighted by Gasteiger charge is 2.24. The molecule has 1 aliphatic rings. The van der Waals surface area contributed by atoms with Crippen molar-refractivity contribution in [2.45, 2.75) is 19.8 Å². The summed E-state index contributed by atoms with van der Waals surface area (Å²) in [5.74, 6) is 0.710. The molecular weight excluding hydrogens is 376 g/mol. The molecule has 28 heavy (non-hydrogen) atoms. The summed E-state index contributed by atoms with van der Waals surface area (Å²) in [7, 11) is 1.63. The molecule has 146 valence electrons. The number of likely N-dealkylation sites (tertiary alicyclic amines) is 1. The molecule has 7 heteroatoms. The Hall–Kier alpha value is -2.86. The summed E-state index contributed by atoms with van der Waals surface area (Å²) in [6.45, 7) is 3.51. The molecule has 1 fully saturated rings. The van der Waals surface area contributed by atoms with Crippen LogP contribution < -0.4 is 10.1 Å². The van der Waals surface area contributed by atoms with Gasteiger partial charge in [0.2, 0.25) is 0 Å². The summed E-state index contributed by atoms with van der Waals surface area (Å²) in [6.07, 6.45) is 3.72. The average Bonchev–Trinajstić information content (AvgIpc) is 3.22. The first-order valence-corrected chi connectivity index (χ1v) is 9.13. The SMILES string of the molecule is COc1ccccc1Nc1c(C(=O)N2CCCC2)cnc2nc(C)ccc12.Cl. The second-order valence-electron chi connectivity index (χ2n) is 6.70. The largest absolute Gasteiger partial charge is 0.495 e. The zero-order valence-corrected chi connectivity index (χ0v) is 16.8. The molecule has 0 bridgehead atoms. The predicted octanol–water partition coefficient (Wildman–Crippen LogP) is 4.35. The van der Waals surface area contributed by atoms with E-state index >= 15 is 0 Å². The Kier molecular flexibility index (Phi) is 5.99. The van der Waals surface area contributed by atoms with Crippen LogP contribution in [0.1, 0.15) is 28.9 Å². The van der Waals surface area contributed by atoms with Crippen molar-refractivity contribution in [3.63, 3.8) is 0 Å². The first kappa shape index (κ1) is 19.9. The van der Waals surface area contributed by atoms with Crippen molar-refractivity contribution in [2.75, 3.05) is 25.5 Å². The number of halogens is 1. The molecule has 1 saturated heterocycles. The fourth-order valence-corrected chi connectivity index (χ4v) is 3.44. The number of carbonyl (C=O) groups excluding carboxylic acids is 1. The minimum atomic E-state index is -0.000118. The minimum absolute atomic E-state index is 0. The molecule has 1 aromatic carbocycles. The molecule has 0 spiro atoms. The number of para-hydroxylation sites is 2. The van der Waals surface area contributed by atoms with Crippen LogP contribution in [0.25, 0.3) is 11.0 Å². The van der Waals surface area contributed by atoms with Gasteiger partial charge in [-0.3, -0.25) is 4.79 Å². The number of carbonyl (C=O) groups is 1. The van der Waals surface area contributed by atoms with E-state index in [2.05, 4.69) is 15.3 Å². The van der Waals surface area contributed by atoms with Crippen molar-refractivity contribution in [1.82, 2.24) is 14.9 Å². The molecular formula is C21H23ClN4O2. The van der Waals surface area contributed by atoms with Gasteiger partial charge in [-0.05, 0) is 44.0 Å². The molecule has 0 atom stereocenters. The van der Waals surface area contributed by atoms with Crippen LogP contribution in [0.3, 0.4) is 0 Å². The standard InChI is InChI=1S/C21H22N4O2.ClH/c1-14-9-10-15-19(24-17-7-3-4-8-18(17)27-2)16(13-22-20(15)23-14)21(26)25-11-5-6-12-25;/h3-4,7-10,13H,5-6,11-12H2,1-2H3,(H,22,23,24);1H. The van der Waals surface area contributed by atoms with Crippen molar-refractivity contribution in [3.8, 4) is 5.75 Å². The lowest BCUT2D eigenvalue weighted by atomic mass is 10.1. The van der Waals surface area contributed by atoms with Gasteiger partial charge in [0.25, 0.3) is 5.91 Å². The van der Waals surface area contributed by atoms with Crippen molar-refractivity contribution in [2.24, 2.45) is 0 Å². The highest BCUT2D eigenvalue weighted by Crippen LogP contribution is 2.33. The summed E-state index contributed by atoms with van der Waals surface area (Å²) in [4.78, 5) is 24.0. The smallest absolute Gasteiger partial charge is 0.257 e. The third-order valence-electron chi connectivity index (χ3n) is 4.86. The quantitative estimate of drug-likeness (QED) is 0.707. The number of hydrogen-bond donors (Lipinski definition) is 1. The van der Waals surface area contributed by atoms with Crippen LogP contribution in [-0.2, 0) is 0 Å². The monoisotopic (exact) mass is 398 g/mol. The van der Waals surface area contributed by atoms with Gasteiger partial charge >= 0.3 is 0 Å². The molecule has 1 aliphatic heterocycles. The van der Waals surface area contributed by atoms with Crippen molar-refractivity contribution in [1.29, 1.82) is 0 Å². The number of aromatic nitrogens is 2. The van der Waals surface area contributed by atoms with Crippen LogP contribution in [0.5, 0.6) is 5.75 Å². The average molecular weight is 399 g/mol. The van der Waals surface area contributed by atoms with Gasteiger partial charge in [-0.1, -0.05) is 12.1 Å². The Morgan fingerprint density at radius 1 is 1.14 bits per heavy atom. The Bertz CT molecular complexity index is 1000. The first-order chi connectivity index (χ1) is 13.2. The van der Waals surface area contributed by atoms with E-state index in [0.717, 1.165) is 42.7 Å². The fraction of sp³-hybridized carbons (Fsp3) is 0.286. The molecule has 0 unspecified atom stereocenters. The van der Waals surface area contributed by atoms with Gasteiger partial charge in [0, 0.05) is 30.4 Å². The number of nitrogens with one attached hydrogen (secondary N) is 1. The maximum atomic E-state index is 13.1. The highest BCUT2D eigenvalue weighted by molar-refractivity contribution is 6.07. The third-order valence-corrected chi connectivity index (χ3v) is 4.86. The second kappa shape index (κ2) is 8.44. The molecule has 3 aromatic rings. The Labute approximate surface area is 170 Å². The number of ether oxygens (including phenoxy) is 1. The molecule has 0 saturated carbocycles. The van der Waals surface area contributed by atoms with Crippen LogP contribution in [0.4, 0.5) is 11.4 Å². The predicted molar refractivity (Wildman–Crippen MR) is 113 cm³/mol. The van der Waals surface area contributed by atoms with E-state index in [1.165, 1.54) is 0 Å². The summed E-state index contributed by atoms with van der Waals surface area (Å²) in [5, 5.41) is 4.22. The van der Waals surface area contributed by atoms with Crippen molar-refractivity contribution < 1.29 is 9.53 Å². The Morgan fingerprint density at radius 2 is 1.89 bits per heavy atom. The third kappa shape index (κ3) is 3.73. The van der Waals surface area contributed by atoms with Gasteiger partial charge in [-0.2, -0.15) is 0 Å². The highest BCUT2D eigenvalue weighted by atomic mass is 35.5. The normalized spacial score (nSPS) is 13.3. The van der Waals surface area contributed by atoms with Gasteiger partial charge in [0.05, 0.1) is 24.0 Å². The maximum Gasteiger partial charge on any atom is 0.257 e. The molecule has 1 amide bonds. The van der Waals surface area contributed by atoms with E-state index in [-0.39, 0.29) is 18.3 Å². The number of amides is 1. The lowest BCUT2D eigenvalue weighted by Gasteiger charge is -2.20. The van der Waals surface area contributed by atoms with Crippen LogP contribution >= 0.6 is 12.4 Å². The van der Waals surface area contributed by atoms with E-state index in [1.807, 2.05) is 48.2 Å². The van der Waals surface area contributed by atoms with Crippen molar-refractivity contribution in [3.05, 3.63) is 53.9 Å². The van der Waals surface area contributed by atoms with Crippen LogP contribution in [-0.4, -0.2) is 41.0 Å². The summed E-state index contributed by atoms with van der Waals surface area (Å²) in [5.41, 5.74) is 3.57. The molecule has 2 aromatic heterocycles. The number of benzene rings is 1.